The topological polar surface area (TPSA) is 41.1 Å². The molecule has 3 nitrogen and oxygen atoms in total. The first kappa shape index (κ1) is 9.73. The average molecular weight is 152 g/mol. The molecule has 0 spiro atoms. The quantitative estimate of drug-likeness (QED) is 0.317. The Hall–Kier alpha value is -1.27. The van der Waals surface area contributed by atoms with Crippen LogP contribution >= 0.6 is 0 Å². The summed E-state index contributed by atoms with van der Waals surface area (Å²) in [5.74, 6) is 2.22. The minimum absolute atomic E-state index is 0.0928. The number of hydrogen-bond acceptors (Lipinski definition) is 2. The predicted molar refractivity (Wildman–Crippen MR) is 44.9 cm³/mol. The van der Waals surface area contributed by atoms with Crippen LogP contribution in [0.5, 0.6) is 0 Å². The number of hydrogen-bond donors (Lipinski definition) is 2. The fourth-order valence-corrected chi connectivity index (χ4v) is 0.500. The molecule has 0 aromatic heterocycles. The maximum Gasteiger partial charge on any atom is 0.234 e. The van der Waals surface area contributed by atoms with Crippen molar-refractivity contribution in [3.05, 3.63) is 12.7 Å². The zero-order valence-electron chi connectivity index (χ0n) is 6.39. The lowest BCUT2D eigenvalue weighted by atomic mass is 10.5. The third kappa shape index (κ3) is 6.62. The Bertz CT molecular complexity index is 169. The van der Waals surface area contributed by atoms with Gasteiger partial charge in [0.2, 0.25) is 5.91 Å². The van der Waals surface area contributed by atoms with Gasteiger partial charge >= 0.3 is 0 Å². The fourth-order valence-electron chi connectivity index (χ4n) is 0.500. The highest BCUT2D eigenvalue weighted by Gasteiger charge is 1.95. The molecule has 0 atom stereocenters. The summed E-state index contributed by atoms with van der Waals surface area (Å²) in [5, 5.41) is 5.36. The smallest absolute Gasteiger partial charge is 0.234 e. The summed E-state index contributed by atoms with van der Waals surface area (Å²) >= 11 is 0. The van der Waals surface area contributed by atoms with E-state index in [0.29, 0.717) is 6.54 Å². The maximum absolute atomic E-state index is 10.8. The Balaban J connectivity index is 3.24. The molecule has 11 heavy (non-hydrogen) atoms. The van der Waals surface area contributed by atoms with Gasteiger partial charge in [0.1, 0.15) is 0 Å². The van der Waals surface area contributed by atoms with Gasteiger partial charge in [0.15, 0.2) is 0 Å². The summed E-state index contributed by atoms with van der Waals surface area (Å²) in [6.45, 7) is 4.69. The van der Waals surface area contributed by atoms with Crippen LogP contribution in [-0.4, -0.2) is 25.5 Å². The van der Waals surface area contributed by atoms with Crippen LogP contribution in [0.15, 0.2) is 12.7 Å². The van der Waals surface area contributed by atoms with E-state index in [1.165, 1.54) is 0 Å². The summed E-state index contributed by atoms with van der Waals surface area (Å²) in [5.41, 5.74) is 0. The molecule has 2 N–H and O–H groups in total. The summed E-state index contributed by atoms with van der Waals surface area (Å²) < 4.78 is 0. The van der Waals surface area contributed by atoms with E-state index in [4.69, 9.17) is 6.42 Å². The predicted octanol–water partition coefficient (Wildman–Crippen LogP) is -0.489. The fraction of sp³-hybridized carbons (Fsp3) is 0.375. The first-order valence-corrected chi connectivity index (χ1v) is 3.33. The second-order valence-electron chi connectivity index (χ2n) is 1.90. The van der Waals surface area contributed by atoms with Gasteiger partial charge in [0.05, 0.1) is 13.1 Å². The number of carbonyl (C=O) groups is 1. The third-order valence-corrected chi connectivity index (χ3v) is 0.962. The van der Waals surface area contributed by atoms with Crippen molar-refractivity contribution in [2.24, 2.45) is 0 Å². The molecule has 0 fully saturated rings. The van der Waals surface area contributed by atoms with Gasteiger partial charge in [-0.3, -0.25) is 4.79 Å². The highest BCUT2D eigenvalue weighted by atomic mass is 16.1. The molecule has 0 bridgehead atoms. The van der Waals surface area contributed by atoms with Crippen molar-refractivity contribution in [2.45, 2.75) is 0 Å². The lowest BCUT2D eigenvalue weighted by Crippen LogP contribution is -2.33. The first-order chi connectivity index (χ1) is 5.31. The Morgan fingerprint density at radius 3 is 3.00 bits per heavy atom. The van der Waals surface area contributed by atoms with Crippen LogP contribution in [0.3, 0.4) is 0 Å². The highest BCUT2D eigenvalue weighted by molar-refractivity contribution is 5.78. The van der Waals surface area contributed by atoms with Gasteiger partial charge in [-0.25, -0.2) is 0 Å². The van der Waals surface area contributed by atoms with Gasteiger partial charge in [-0.05, 0) is 0 Å². The van der Waals surface area contributed by atoms with Crippen LogP contribution in [0.1, 0.15) is 0 Å². The van der Waals surface area contributed by atoms with Crippen LogP contribution in [0.25, 0.3) is 0 Å². The number of rotatable bonds is 5. The Kier molecular flexibility index (Phi) is 6.05. The van der Waals surface area contributed by atoms with E-state index in [9.17, 15) is 4.79 Å². The van der Waals surface area contributed by atoms with Crippen LogP contribution < -0.4 is 10.6 Å². The zero-order chi connectivity index (χ0) is 8.53. The van der Waals surface area contributed by atoms with E-state index in [1.807, 2.05) is 0 Å². The van der Waals surface area contributed by atoms with E-state index in [1.54, 1.807) is 6.08 Å². The monoisotopic (exact) mass is 152 g/mol. The second kappa shape index (κ2) is 6.84. The molecular weight excluding hydrogens is 140 g/mol. The number of carbonyl (C=O) groups excluding carboxylic acids is 1. The largest absolute Gasteiger partial charge is 0.344 e. The molecule has 3 heteroatoms. The Labute approximate surface area is 66.9 Å². The van der Waals surface area contributed by atoms with E-state index >= 15 is 0 Å². The van der Waals surface area contributed by atoms with Gasteiger partial charge in [0.25, 0.3) is 0 Å². The molecule has 60 valence electrons. The van der Waals surface area contributed by atoms with Gasteiger partial charge in [-0.1, -0.05) is 12.0 Å². The minimum atomic E-state index is -0.0928. The molecule has 0 aromatic rings. The van der Waals surface area contributed by atoms with Crippen molar-refractivity contribution in [2.75, 3.05) is 19.6 Å². The summed E-state index contributed by atoms with van der Waals surface area (Å²) in [6.07, 6.45) is 6.62. The summed E-state index contributed by atoms with van der Waals surface area (Å²) in [4.78, 5) is 10.8. The first-order valence-electron chi connectivity index (χ1n) is 3.33. The van der Waals surface area contributed by atoms with Crippen LogP contribution in [0.2, 0.25) is 0 Å². The van der Waals surface area contributed by atoms with Crippen molar-refractivity contribution in [1.82, 2.24) is 10.6 Å². The van der Waals surface area contributed by atoms with Gasteiger partial charge < -0.3 is 10.6 Å². The van der Waals surface area contributed by atoms with E-state index in [-0.39, 0.29) is 19.0 Å². The van der Waals surface area contributed by atoms with Crippen molar-refractivity contribution >= 4 is 5.91 Å². The number of nitrogens with one attached hydrogen (secondary N) is 2. The van der Waals surface area contributed by atoms with E-state index in [0.717, 1.165) is 0 Å². The Morgan fingerprint density at radius 1 is 1.73 bits per heavy atom. The lowest BCUT2D eigenvalue weighted by molar-refractivity contribution is -0.119. The molecule has 0 heterocycles. The molecule has 0 unspecified atom stereocenters. The molecule has 0 saturated heterocycles. The van der Waals surface area contributed by atoms with Crippen LogP contribution in [-0.2, 0) is 4.79 Å². The molecule has 0 radical (unpaired) electrons. The summed E-state index contributed by atoms with van der Waals surface area (Å²) in [7, 11) is 0. The molecular formula is C8H12N2O. The number of terminal acetylenes is 1. The van der Waals surface area contributed by atoms with Crippen molar-refractivity contribution < 1.29 is 4.79 Å². The highest BCUT2D eigenvalue weighted by Crippen LogP contribution is 1.64. The van der Waals surface area contributed by atoms with Crippen molar-refractivity contribution in [3.8, 4) is 12.3 Å². The molecule has 0 aliphatic heterocycles. The zero-order valence-corrected chi connectivity index (χ0v) is 6.39. The molecule has 0 saturated carbocycles. The van der Waals surface area contributed by atoms with Crippen molar-refractivity contribution in [3.63, 3.8) is 0 Å². The molecule has 1 amide bonds. The lowest BCUT2D eigenvalue weighted by Gasteiger charge is -2.00. The SMILES string of the molecule is C#CCNC(=O)CNCC=C. The average Bonchev–Trinajstić information content (AvgIpc) is 2.01. The second-order valence-corrected chi connectivity index (χ2v) is 1.90. The number of amides is 1. The minimum Gasteiger partial charge on any atom is -0.344 e. The third-order valence-electron chi connectivity index (χ3n) is 0.962. The maximum atomic E-state index is 10.8. The Morgan fingerprint density at radius 2 is 2.45 bits per heavy atom. The van der Waals surface area contributed by atoms with E-state index < -0.39 is 0 Å². The standard InChI is InChI=1S/C8H12N2O/c1-3-5-9-7-8(11)10-6-4-2/h2-3,9H,1,5-7H2,(H,10,11). The van der Waals surface area contributed by atoms with Gasteiger partial charge in [-0.15, -0.1) is 13.0 Å². The van der Waals surface area contributed by atoms with E-state index in [2.05, 4.69) is 23.1 Å². The molecule has 0 aliphatic carbocycles. The summed E-state index contributed by atoms with van der Waals surface area (Å²) in [6, 6.07) is 0. The molecule has 0 rings (SSSR count). The van der Waals surface area contributed by atoms with Gasteiger partial charge in [0, 0.05) is 6.54 Å². The molecule has 0 aromatic carbocycles. The molecule has 0 aliphatic rings. The van der Waals surface area contributed by atoms with Crippen LogP contribution in [0, 0.1) is 12.3 Å². The van der Waals surface area contributed by atoms with Crippen LogP contribution in [0.4, 0.5) is 0 Å². The van der Waals surface area contributed by atoms with Gasteiger partial charge in [-0.2, -0.15) is 0 Å². The van der Waals surface area contributed by atoms with Crippen molar-refractivity contribution in [1.29, 1.82) is 0 Å². The normalized spacial score (nSPS) is 8.27.